The number of benzene rings is 2. The largest absolute Gasteiger partial charge is 0.352 e. The van der Waals surface area contributed by atoms with E-state index in [1.165, 1.54) is 18.2 Å². The molecule has 1 saturated carbocycles. The van der Waals surface area contributed by atoms with Gasteiger partial charge >= 0.3 is 0 Å². The number of halogens is 3. The Balaban J connectivity index is 1.69. The third kappa shape index (κ3) is 7.91. The second-order valence-corrected chi connectivity index (χ2v) is 11.1. The van der Waals surface area contributed by atoms with Crippen molar-refractivity contribution in [2.75, 3.05) is 5.75 Å². The van der Waals surface area contributed by atoms with E-state index in [9.17, 15) is 9.59 Å². The van der Waals surface area contributed by atoms with Gasteiger partial charge in [-0.2, -0.15) is 0 Å². The monoisotopic (exact) mass is 570 g/mol. The average molecular weight is 572 g/mol. The summed E-state index contributed by atoms with van der Waals surface area (Å²) in [6.45, 7) is 1.97. The molecule has 0 aliphatic heterocycles. The molecule has 0 saturated heterocycles. The van der Waals surface area contributed by atoms with Crippen molar-refractivity contribution in [2.24, 2.45) is 0 Å². The molecule has 1 N–H and O–H groups in total. The Morgan fingerprint density at radius 2 is 1.73 bits per heavy atom. The van der Waals surface area contributed by atoms with E-state index in [0.717, 1.165) is 35.7 Å². The number of nitrogens with one attached hydrogen (secondary N) is 1. The van der Waals surface area contributed by atoms with Gasteiger partial charge in [-0.25, -0.2) is 0 Å². The zero-order valence-corrected chi connectivity index (χ0v) is 22.6. The van der Waals surface area contributed by atoms with Crippen LogP contribution in [0.1, 0.15) is 50.2 Å². The Morgan fingerprint density at radius 1 is 1.09 bits per heavy atom. The van der Waals surface area contributed by atoms with E-state index in [-0.39, 0.29) is 30.2 Å². The number of hydrogen-bond acceptors (Lipinski definition) is 3. The minimum absolute atomic E-state index is 0.112. The van der Waals surface area contributed by atoms with Gasteiger partial charge in [0.25, 0.3) is 0 Å². The van der Waals surface area contributed by atoms with E-state index in [1.807, 2.05) is 24.3 Å². The molecule has 3 rings (SSSR count). The maximum absolute atomic E-state index is 13.3. The van der Waals surface area contributed by atoms with E-state index in [2.05, 4.69) is 21.2 Å². The van der Waals surface area contributed by atoms with Gasteiger partial charge in [-0.05, 0) is 49.6 Å². The van der Waals surface area contributed by atoms with Crippen LogP contribution in [0, 0.1) is 0 Å². The summed E-state index contributed by atoms with van der Waals surface area (Å²) in [6.07, 6.45) is 5.46. The zero-order valence-electron chi connectivity index (χ0n) is 18.7. The highest BCUT2D eigenvalue weighted by atomic mass is 79.9. The number of nitrogens with zero attached hydrogens (tertiary/aromatic N) is 1. The Morgan fingerprint density at radius 3 is 2.36 bits per heavy atom. The number of hydrogen-bond donors (Lipinski definition) is 1. The summed E-state index contributed by atoms with van der Waals surface area (Å²) in [5.41, 5.74) is 1.80. The summed E-state index contributed by atoms with van der Waals surface area (Å²) in [5.74, 6) is 0.734. The van der Waals surface area contributed by atoms with Crippen LogP contribution in [0.15, 0.2) is 46.9 Å². The minimum atomic E-state index is -0.625. The minimum Gasteiger partial charge on any atom is -0.352 e. The molecule has 33 heavy (non-hydrogen) atoms. The molecule has 0 spiro atoms. The summed E-state index contributed by atoms with van der Waals surface area (Å²) in [4.78, 5) is 27.9. The molecule has 1 fully saturated rings. The van der Waals surface area contributed by atoms with Gasteiger partial charge in [-0.1, -0.05) is 76.6 Å². The van der Waals surface area contributed by atoms with Crippen LogP contribution in [0.3, 0.4) is 0 Å². The molecule has 4 nitrogen and oxygen atoms in total. The van der Waals surface area contributed by atoms with E-state index in [0.29, 0.717) is 21.4 Å². The molecular weight excluding hydrogens is 543 g/mol. The van der Waals surface area contributed by atoms with Crippen LogP contribution >= 0.6 is 50.9 Å². The molecule has 0 bridgehead atoms. The second-order valence-electron chi connectivity index (χ2n) is 8.36. The van der Waals surface area contributed by atoms with Crippen LogP contribution in [0.4, 0.5) is 0 Å². The van der Waals surface area contributed by atoms with Crippen molar-refractivity contribution in [1.82, 2.24) is 10.2 Å². The summed E-state index contributed by atoms with van der Waals surface area (Å²) in [7, 11) is 0. The van der Waals surface area contributed by atoms with Crippen LogP contribution in [0.5, 0.6) is 0 Å². The number of rotatable bonds is 9. The SMILES string of the molecule is C[C@H](C(=O)NC1CCCCC1)N(Cc1c(Cl)cccc1Cl)C(=O)CSCc1ccc(Br)cc1. The summed E-state index contributed by atoms with van der Waals surface area (Å²) >= 11 is 17.7. The van der Waals surface area contributed by atoms with Crippen LogP contribution in [0.2, 0.25) is 10.0 Å². The van der Waals surface area contributed by atoms with Crippen molar-refractivity contribution in [3.8, 4) is 0 Å². The van der Waals surface area contributed by atoms with Gasteiger partial charge in [-0.15, -0.1) is 11.8 Å². The van der Waals surface area contributed by atoms with Crippen LogP contribution in [-0.4, -0.2) is 34.6 Å². The predicted octanol–water partition coefficient (Wildman–Crippen LogP) is 6.86. The maximum Gasteiger partial charge on any atom is 0.242 e. The summed E-state index contributed by atoms with van der Waals surface area (Å²) < 4.78 is 1.02. The normalized spacial score (nSPS) is 15.2. The Labute approximate surface area is 218 Å². The van der Waals surface area contributed by atoms with Crippen molar-refractivity contribution in [2.45, 2.75) is 63.4 Å². The number of carbonyl (C=O) groups excluding carboxylic acids is 2. The molecule has 2 aromatic rings. The first-order valence-electron chi connectivity index (χ1n) is 11.2. The molecule has 0 unspecified atom stereocenters. The Kier molecular flexibility index (Phi) is 10.4. The molecule has 2 amide bonds. The molecule has 1 aliphatic carbocycles. The smallest absolute Gasteiger partial charge is 0.242 e. The molecule has 2 aromatic carbocycles. The molecule has 1 atom stereocenters. The number of thioether (sulfide) groups is 1. The first-order valence-corrected chi connectivity index (χ1v) is 13.9. The summed E-state index contributed by atoms with van der Waals surface area (Å²) in [6, 6.07) is 12.9. The van der Waals surface area contributed by atoms with Gasteiger partial charge in [0.15, 0.2) is 0 Å². The van der Waals surface area contributed by atoms with Crippen molar-refractivity contribution < 1.29 is 9.59 Å². The highest BCUT2D eigenvalue weighted by Crippen LogP contribution is 2.27. The lowest BCUT2D eigenvalue weighted by Gasteiger charge is -2.31. The van der Waals surface area contributed by atoms with E-state index < -0.39 is 6.04 Å². The number of carbonyl (C=O) groups is 2. The number of amides is 2. The van der Waals surface area contributed by atoms with Gasteiger partial charge in [0, 0.05) is 38.4 Å². The van der Waals surface area contributed by atoms with Crippen LogP contribution in [0.25, 0.3) is 0 Å². The predicted molar refractivity (Wildman–Crippen MR) is 142 cm³/mol. The molecule has 8 heteroatoms. The molecular formula is C25H29BrCl2N2O2S. The van der Waals surface area contributed by atoms with Gasteiger partial charge in [0.2, 0.25) is 11.8 Å². The molecule has 178 valence electrons. The fraction of sp³-hybridized carbons (Fsp3) is 0.440. The second kappa shape index (κ2) is 13.0. The topological polar surface area (TPSA) is 49.4 Å². The maximum atomic E-state index is 13.3. The first-order chi connectivity index (χ1) is 15.8. The first kappa shape index (κ1) is 26.4. The van der Waals surface area contributed by atoms with Crippen molar-refractivity contribution in [3.05, 3.63) is 68.1 Å². The van der Waals surface area contributed by atoms with E-state index in [1.54, 1.807) is 30.0 Å². The lowest BCUT2D eigenvalue weighted by atomic mass is 9.95. The van der Waals surface area contributed by atoms with Crippen LogP contribution < -0.4 is 5.32 Å². The van der Waals surface area contributed by atoms with Gasteiger partial charge in [0.05, 0.1) is 5.75 Å². The molecule has 0 aromatic heterocycles. The van der Waals surface area contributed by atoms with Crippen molar-refractivity contribution >= 4 is 62.7 Å². The lowest BCUT2D eigenvalue weighted by molar-refractivity contribution is -0.139. The Hall–Kier alpha value is -1.21. The fourth-order valence-corrected chi connectivity index (χ4v) is 5.58. The molecule has 1 aliphatic rings. The lowest BCUT2D eigenvalue weighted by Crippen LogP contribution is -2.50. The van der Waals surface area contributed by atoms with Gasteiger partial charge < -0.3 is 10.2 Å². The van der Waals surface area contributed by atoms with Crippen molar-refractivity contribution in [1.29, 1.82) is 0 Å². The van der Waals surface area contributed by atoms with Gasteiger partial charge in [0.1, 0.15) is 6.04 Å². The van der Waals surface area contributed by atoms with Gasteiger partial charge in [-0.3, -0.25) is 9.59 Å². The third-order valence-corrected chi connectivity index (χ3v) is 8.14. The highest BCUT2D eigenvalue weighted by molar-refractivity contribution is 9.10. The quantitative estimate of drug-likeness (QED) is 0.358. The zero-order chi connectivity index (χ0) is 23.8. The summed E-state index contributed by atoms with van der Waals surface area (Å²) in [5, 5.41) is 4.12. The Bertz CT molecular complexity index is 932. The molecule has 0 radical (unpaired) electrons. The standard InChI is InChI=1S/C25H29BrCl2N2O2S/c1-17(25(32)29-20-6-3-2-4-7-20)30(14-21-22(27)8-5-9-23(21)28)24(31)16-33-15-18-10-12-19(26)13-11-18/h5,8-13,17,20H,2-4,6-7,14-16H2,1H3,(H,29,32)/t17-/m1/s1. The highest BCUT2D eigenvalue weighted by Gasteiger charge is 2.29. The molecule has 0 heterocycles. The third-order valence-electron chi connectivity index (χ3n) is 5.92. The van der Waals surface area contributed by atoms with E-state index in [4.69, 9.17) is 23.2 Å². The van der Waals surface area contributed by atoms with Crippen LogP contribution in [-0.2, 0) is 21.9 Å². The average Bonchev–Trinajstić information content (AvgIpc) is 2.80. The van der Waals surface area contributed by atoms with E-state index >= 15 is 0 Å². The van der Waals surface area contributed by atoms with Crippen molar-refractivity contribution in [3.63, 3.8) is 0 Å². The fourth-order valence-electron chi connectivity index (χ4n) is 3.92.